The Hall–Kier alpha value is -3.41. The quantitative estimate of drug-likeness (QED) is 0.352. The summed E-state index contributed by atoms with van der Waals surface area (Å²) < 4.78 is 0. The number of hydrogen-bond acceptors (Lipinski definition) is 9. The highest BCUT2D eigenvalue weighted by Crippen LogP contribution is 2.60. The number of ketones is 2. The summed E-state index contributed by atoms with van der Waals surface area (Å²) in [7, 11) is 0. The maximum Gasteiger partial charge on any atom is 0.200 e. The lowest BCUT2D eigenvalue weighted by atomic mass is 9.86. The number of hydrogen-bond donors (Lipinski definition) is 2. The average Bonchev–Trinajstić information content (AvgIpc) is 3.49. The molecule has 5 unspecified atom stereocenters. The first kappa shape index (κ1) is 21.8. The van der Waals surface area contributed by atoms with Gasteiger partial charge in [0.2, 0.25) is 5.11 Å². The number of nitroso groups, excluding NO2 is 2. The molecule has 0 radical (unpaired) electrons. The minimum absolute atomic E-state index is 0.142. The Morgan fingerprint density at radius 3 is 1.84 bits per heavy atom. The molecule has 0 bridgehead atoms. The summed E-state index contributed by atoms with van der Waals surface area (Å²) in [5.74, 6) is -1.01. The van der Waals surface area contributed by atoms with Crippen molar-refractivity contribution >= 4 is 28.9 Å². The van der Waals surface area contributed by atoms with E-state index in [2.05, 4.69) is 21.2 Å². The number of carbonyl (C=O) groups excluding carboxylic acids is 2. The monoisotopic (exact) mass is 452 g/mol. The van der Waals surface area contributed by atoms with Gasteiger partial charge >= 0.3 is 0 Å². The van der Waals surface area contributed by atoms with E-state index < -0.39 is 35.0 Å². The lowest BCUT2D eigenvalue weighted by molar-refractivity contribution is -0.123. The van der Waals surface area contributed by atoms with Crippen molar-refractivity contribution in [1.29, 1.82) is 0 Å². The Kier molecular flexibility index (Phi) is 5.41. The molecule has 2 N–H and O–H groups in total. The van der Waals surface area contributed by atoms with Gasteiger partial charge in [0.05, 0.1) is 0 Å². The van der Waals surface area contributed by atoms with Crippen molar-refractivity contribution in [1.82, 2.24) is 20.9 Å². The van der Waals surface area contributed by atoms with Crippen LogP contribution in [0.2, 0.25) is 0 Å². The van der Waals surface area contributed by atoms with Gasteiger partial charge < -0.3 is 0 Å². The minimum atomic E-state index is -1.59. The standard InChI is InChI=1S/C21H20N6O4S/c1-13(28)17(23-30)20(15-9-5-3-6-10-15)25-22-19(32)26-21(27(20)26,18(24-31)14(2)29)16-11-7-4-8-12-16/h3-12,17-18,25H,1-2H3,(H,22,32). The fourth-order valence-corrected chi connectivity index (χ4v) is 4.85. The molecule has 4 rings (SSSR count). The number of rotatable bonds is 8. The van der Waals surface area contributed by atoms with Gasteiger partial charge in [-0.3, -0.25) is 15.0 Å². The van der Waals surface area contributed by atoms with Crippen LogP contribution in [-0.2, 0) is 20.9 Å². The number of carbonyl (C=O) groups is 2. The first-order chi connectivity index (χ1) is 15.4. The molecular formula is C21H20N6O4S. The summed E-state index contributed by atoms with van der Waals surface area (Å²) in [5, 5.41) is 9.51. The van der Waals surface area contributed by atoms with E-state index in [4.69, 9.17) is 12.2 Å². The average molecular weight is 452 g/mol. The topological polar surface area (TPSA) is 123 Å². The van der Waals surface area contributed by atoms with Gasteiger partial charge in [0, 0.05) is 0 Å². The van der Waals surface area contributed by atoms with Crippen LogP contribution in [0.15, 0.2) is 71.0 Å². The molecule has 2 fully saturated rings. The van der Waals surface area contributed by atoms with E-state index in [9.17, 15) is 19.4 Å². The van der Waals surface area contributed by atoms with Crippen LogP contribution in [0.5, 0.6) is 0 Å². The van der Waals surface area contributed by atoms with E-state index in [-0.39, 0.29) is 5.11 Å². The summed E-state index contributed by atoms with van der Waals surface area (Å²) in [6.07, 6.45) is 0. The fraction of sp³-hybridized carbons (Fsp3) is 0.286. The van der Waals surface area contributed by atoms with Crippen LogP contribution >= 0.6 is 12.2 Å². The Balaban J connectivity index is 2.06. The third kappa shape index (κ3) is 2.82. The van der Waals surface area contributed by atoms with Gasteiger partial charge in [0.1, 0.15) is 0 Å². The van der Waals surface area contributed by atoms with Crippen molar-refractivity contribution in [3.05, 3.63) is 81.6 Å². The number of nitrogens with zero attached hydrogens (tertiary/aromatic N) is 4. The minimum Gasteiger partial charge on any atom is -0.297 e. The highest BCUT2D eigenvalue weighted by molar-refractivity contribution is 7.80. The van der Waals surface area contributed by atoms with Gasteiger partial charge in [-0.15, -0.1) is 9.81 Å². The normalized spacial score (nSPS) is 28.0. The molecule has 2 aromatic rings. The Bertz CT molecular complexity index is 1100. The van der Waals surface area contributed by atoms with Gasteiger partial charge in [0.15, 0.2) is 35.0 Å². The van der Waals surface area contributed by atoms with Crippen molar-refractivity contribution in [2.24, 2.45) is 10.4 Å². The molecule has 2 saturated heterocycles. The molecule has 2 aromatic carbocycles. The molecule has 2 heterocycles. The summed E-state index contributed by atoms with van der Waals surface area (Å²) in [4.78, 5) is 49.3. The van der Waals surface area contributed by atoms with E-state index >= 15 is 0 Å². The maximum absolute atomic E-state index is 12.6. The molecule has 2 aliphatic rings. The van der Waals surface area contributed by atoms with Crippen molar-refractivity contribution in [3.63, 3.8) is 0 Å². The van der Waals surface area contributed by atoms with Crippen LogP contribution in [0.3, 0.4) is 0 Å². The first-order valence-electron chi connectivity index (χ1n) is 9.81. The lowest BCUT2D eigenvalue weighted by Gasteiger charge is -2.42. The van der Waals surface area contributed by atoms with E-state index in [0.717, 1.165) is 0 Å². The zero-order valence-electron chi connectivity index (χ0n) is 17.3. The summed E-state index contributed by atoms with van der Waals surface area (Å²) in [5.41, 5.74) is 3.80. The number of benzene rings is 2. The zero-order chi connectivity index (χ0) is 23.1. The number of nitrogens with one attached hydrogen (secondary N) is 2. The van der Waals surface area contributed by atoms with E-state index in [0.29, 0.717) is 11.1 Å². The van der Waals surface area contributed by atoms with E-state index in [1.165, 1.54) is 18.9 Å². The molecule has 0 aromatic heterocycles. The summed E-state index contributed by atoms with van der Waals surface area (Å²) in [6.45, 7) is 2.52. The second kappa shape index (κ2) is 7.93. The van der Waals surface area contributed by atoms with E-state index in [1.807, 2.05) is 0 Å². The van der Waals surface area contributed by atoms with Crippen LogP contribution < -0.4 is 10.9 Å². The Morgan fingerprint density at radius 2 is 1.38 bits per heavy atom. The van der Waals surface area contributed by atoms with Crippen LogP contribution in [0.25, 0.3) is 0 Å². The number of hydrazine groups is 2. The summed E-state index contributed by atoms with van der Waals surface area (Å²) in [6, 6.07) is 14.6. The van der Waals surface area contributed by atoms with Crippen LogP contribution in [0.4, 0.5) is 0 Å². The smallest absolute Gasteiger partial charge is 0.200 e. The fourth-order valence-electron chi connectivity index (χ4n) is 4.58. The third-order valence-corrected chi connectivity index (χ3v) is 6.14. The largest absolute Gasteiger partial charge is 0.297 e. The number of Topliss-reactive ketones (excluding diaryl/α,β-unsaturated/α-hetero) is 2. The maximum atomic E-state index is 12.6. The van der Waals surface area contributed by atoms with Gasteiger partial charge in [-0.1, -0.05) is 71.0 Å². The molecule has 11 heteroatoms. The molecule has 0 saturated carbocycles. The molecule has 32 heavy (non-hydrogen) atoms. The van der Waals surface area contributed by atoms with Crippen LogP contribution in [-0.4, -0.2) is 38.8 Å². The van der Waals surface area contributed by atoms with Gasteiger partial charge in [-0.25, -0.2) is 10.4 Å². The number of thiocarbonyl (C=S) groups is 1. The second-order valence-corrected chi connectivity index (χ2v) is 8.03. The van der Waals surface area contributed by atoms with Crippen molar-refractivity contribution in [2.45, 2.75) is 37.3 Å². The molecule has 0 aliphatic carbocycles. The first-order valence-corrected chi connectivity index (χ1v) is 10.2. The van der Waals surface area contributed by atoms with Gasteiger partial charge in [0.25, 0.3) is 0 Å². The van der Waals surface area contributed by atoms with Crippen molar-refractivity contribution in [2.75, 3.05) is 0 Å². The molecule has 164 valence electrons. The number of fused-ring (bicyclic) bond motifs is 1. The Labute approximate surface area is 188 Å². The van der Waals surface area contributed by atoms with Crippen molar-refractivity contribution in [3.8, 4) is 0 Å². The molecule has 0 amide bonds. The van der Waals surface area contributed by atoms with E-state index in [1.54, 1.807) is 65.7 Å². The van der Waals surface area contributed by atoms with Crippen molar-refractivity contribution < 1.29 is 9.59 Å². The second-order valence-electron chi connectivity index (χ2n) is 7.64. The molecular weight excluding hydrogens is 432 g/mol. The highest BCUT2D eigenvalue weighted by Gasteiger charge is 2.80. The molecule has 2 aliphatic heterocycles. The predicted molar refractivity (Wildman–Crippen MR) is 119 cm³/mol. The van der Waals surface area contributed by atoms with Crippen LogP contribution in [0.1, 0.15) is 25.0 Å². The third-order valence-electron chi connectivity index (χ3n) is 5.86. The lowest BCUT2D eigenvalue weighted by Crippen LogP contribution is -2.68. The zero-order valence-corrected chi connectivity index (χ0v) is 18.1. The van der Waals surface area contributed by atoms with Crippen LogP contribution in [0, 0.1) is 9.81 Å². The van der Waals surface area contributed by atoms with Gasteiger partial charge in [-0.2, -0.15) is 5.01 Å². The Morgan fingerprint density at radius 1 is 0.875 bits per heavy atom. The predicted octanol–water partition coefficient (Wildman–Crippen LogP) is 2.07. The molecule has 10 nitrogen and oxygen atoms in total. The highest BCUT2D eigenvalue weighted by atomic mass is 32.1. The SMILES string of the molecule is CC(=O)C(N=O)C1(c2ccccc2)NNC(=S)N2N1C2(c1ccccc1)C(N=O)C(C)=O. The molecule has 5 atom stereocenters. The van der Waals surface area contributed by atoms with Gasteiger partial charge in [-0.05, 0) is 37.2 Å². The molecule has 0 spiro atoms. The summed E-state index contributed by atoms with van der Waals surface area (Å²) >= 11 is 5.48.